The van der Waals surface area contributed by atoms with Gasteiger partial charge in [0.2, 0.25) is 0 Å². The number of hydrogen-bond acceptors (Lipinski definition) is 3. The Morgan fingerprint density at radius 2 is 2.36 bits per heavy atom. The van der Waals surface area contributed by atoms with E-state index in [1.54, 1.807) is 0 Å². The van der Waals surface area contributed by atoms with E-state index in [2.05, 4.69) is 11.2 Å². The zero-order chi connectivity index (χ0) is 8.27. The molecule has 3 nitrogen and oxygen atoms in total. The van der Waals surface area contributed by atoms with E-state index in [9.17, 15) is 0 Å². The van der Waals surface area contributed by atoms with Crippen LogP contribution in [0.25, 0.3) is 0 Å². The Balaban J connectivity index is 2.74. The maximum absolute atomic E-state index is 8.67. The fourth-order valence-electron chi connectivity index (χ4n) is 1.57. The van der Waals surface area contributed by atoms with Gasteiger partial charge in [0.25, 0.3) is 0 Å². The number of nitriles is 1. The van der Waals surface area contributed by atoms with Gasteiger partial charge in [0.15, 0.2) is 0 Å². The van der Waals surface area contributed by atoms with Gasteiger partial charge in [-0.15, -0.1) is 0 Å². The predicted molar refractivity (Wildman–Crippen MR) is 41.3 cm³/mol. The van der Waals surface area contributed by atoms with E-state index in [1.165, 1.54) is 0 Å². The van der Waals surface area contributed by atoms with Crippen LogP contribution in [0.5, 0.6) is 0 Å². The maximum atomic E-state index is 8.67. The highest BCUT2D eigenvalue weighted by Crippen LogP contribution is 2.25. The minimum Gasteiger partial charge on any atom is -0.411 e. The largest absolute Gasteiger partial charge is 0.411 e. The third-order valence-corrected chi connectivity index (χ3v) is 2.26. The highest BCUT2D eigenvalue weighted by atomic mass is 16.4. The van der Waals surface area contributed by atoms with Gasteiger partial charge in [-0.2, -0.15) is 5.26 Å². The number of nitrogens with zero attached hydrogens (tertiary/aromatic N) is 2. The summed E-state index contributed by atoms with van der Waals surface area (Å²) in [4.78, 5) is 0. The Morgan fingerprint density at radius 1 is 1.64 bits per heavy atom. The SMILES string of the molecule is CC1CCCC(C#N)/C1=N/O. The quantitative estimate of drug-likeness (QED) is 0.425. The van der Waals surface area contributed by atoms with Crippen LogP contribution in [0.3, 0.4) is 0 Å². The summed E-state index contributed by atoms with van der Waals surface area (Å²) in [6, 6.07) is 2.14. The molecule has 0 saturated heterocycles. The Kier molecular flexibility index (Phi) is 2.48. The second-order valence-corrected chi connectivity index (χ2v) is 3.04. The van der Waals surface area contributed by atoms with Gasteiger partial charge >= 0.3 is 0 Å². The second kappa shape index (κ2) is 3.38. The molecule has 0 radical (unpaired) electrons. The van der Waals surface area contributed by atoms with Crippen molar-refractivity contribution in [3.05, 3.63) is 0 Å². The van der Waals surface area contributed by atoms with Crippen molar-refractivity contribution in [3.8, 4) is 6.07 Å². The van der Waals surface area contributed by atoms with Crippen molar-refractivity contribution in [3.63, 3.8) is 0 Å². The highest BCUT2D eigenvalue weighted by molar-refractivity contribution is 5.90. The molecule has 2 atom stereocenters. The van der Waals surface area contributed by atoms with E-state index in [-0.39, 0.29) is 11.8 Å². The van der Waals surface area contributed by atoms with E-state index < -0.39 is 0 Å². The minimum absolute atomic E-state index is 0.149. The van der Waals surface area contributed by atoms with Crippen LogP contribution in [0, 0.1) is 23.2 Å². The van der Waals surface area contributed by atoms with Crippen molar-refractivity contribution in [1.82, 2.24) is 0 Å². The molecule has 60 valence electrons. The zero-order valence-electron chi connectivity index (χ0n) is 6.62. The molecule has 0 aromatic rings. The first-order valence-corrected chi connectivity index (χ1v) is 3.91. The summed E-state index contributed by atoms with van der Waals surface area (Å²) >= 11 is 0. The summed E-state index contributed by atoms with van der Waals surface area (Å²) in [5.41, 5.74) is 0.666. The topological polar surface area (TPSA) is 56.4 Å². The van der Waals surface area contributed by atoms with Gasteiger partial charge < -0.3 is 5.21 Å². The molecule has 0 aromatic carbocycles. The molecule has 3 heteroatoms. The predicted octanol–water partition coefficient (Wildman–Crippen LogP) is 1.78. The van der Waals surface area contributed by atoms with Crippen LogP contribution < -0.4 is 0 Å². The monoisotopic (exact) mass is 152 g/mol. The van der Waals surface area contributed by atoms with Crippen LogP contribution >= 0.6 is 0 Å². The first-order valence-electron chi connectivity index (χ1n) is 3.91. The fraction of sp³-hybridized carbons (Fsp3) is 0.750. The lowest BCUT2D eigenvalue weighted by Gasteiger charge is -2.22. The van der Waals surface area contributed by atoms with Crippen LogP contribution in [-0.4, -0.2) is 10.9 Å². The van der Waals surface area contributed by atoms with Crippen LogP contribution in [0.2, 0.25) is 0 Å². The summed E-state index contributed by atoms with van der Waals surface area (Å²) in [6.45, 7) is 2.00. The lowest BCUT2D eigenvalue weighted by atomic mass is 9.81. The molecule has 1 fully saturated rings. The standard InChI is InChI=1S/C8H12N2O/c1-6-3-2-4-7(5-9)8(6)10-11/h6-7,11H,2-4H2,1H3/b10-8+. The first-order chi connectivity index (χ1) is 5.29. The van der Waals surface area contributed by atoms with Crippen molar-refractivity contribution >= 4 is 5.71 Å². The zero-order valence-corrected chi connectivity index (χ0v) is 6.62. The maximum Gasteiger partial charge on any atom is 0.0881 e. The number of oxime groups is 1. The second-order valence-electron chi connectivity index (χ2n) is 3.04. The average Bonchev–Trinajstić information content (AvgIpc) is 2.04. The summed E-state index contributed by atoms with van der Waals surface area (Å²) < 4.78 is 0. The Morgan fingerprint density at radius 3 is 2.82 bits per heavy atom. The molecule has 1 saturated carbocycles. The van der Waals surface area contributed by atoms with E-state index in [1.807, 2.05) is 6.92 Å². The fourth-order valence-corrected chi connectivity index (χ4v) is 1.57. The van der Waals surface area contributed by atoms with E-state index in [4.69, 9.17) is 10.5 Å². The molecular weight excluding hydrogens is 140 g/mol. The molecule has 11 heavy (non-hydrogen) atoms. The summed E-state index contributed by atoms with van der Waals surface area (Å²) in [5.74, 6) is 0.127. The Labute approximate surface area is 66.3 Å². The number of rotatable bonds is 0. The van der Waals surface area contributed by atoms with E-state index in [0.29, 0.717) is 5.71 Å². The van der Waals surface area contributed by atoms with Gasteiger partial charge in [-0.3, -0.25) is 0 Å². The summed E-state index contributed by atoms with van der Waals surface area (Å²) in [6.07, 6.45) is 2.95. The van der Waals surface area contributed by atoms with Gasteiger partial charge in [0.1, 0.15) is 0 Å². The molecule has 0 aliphatic heterocycles. The van der Waals surface area contributed by atoms with Crippen LogP contribution in [0.1, 0.15) is 26.2 Å². The first kappa shape index (κ1) is 8.06. The smallest absolute Gasteiger partial charge is 0.0881 e. The van der Waals surface area contributed by atoms with E-state index >= 15 is 0 Å². The molecule has 0 heterocycles. The summed E-state index contributed by atoms with van der Waals surface area (Å²) in [5, 5.41) is 20.4. The van der Waals surface area contributed by atoms with Gasteiger partial charge in [-0.25, -0.2) is 0 Å². The molecule has 0 spiro atoms. The van der Waals surface area contributed by atoms with Crippen molar-refractivity contribution < 1.29 is 5.21 Å². The minimum atomic E-state index is -0.149. The lowest BCUT2D eigenvalue weighted by molar-refractivity contribution is 0.306. The molecule has 2 unspecified atom stereocenters. The average molecular weight is 152 g/mol. The Bertz CT molecular complexity index is 205. The van der Waals surface area contributed by atoms with E-state index in [0.717, 1.165) is 19.3 Å². The molecule has 1 aliphatic rings. The van der Waals surface area contributed by atoms with Crippen molar-refractivity contribution in [2.45, 2.75) is 26.2 Å². The van der Waals surface area contributed by atoms with Crippen LogP contribution in [0.4, 0.5) is 0 Å². The normalized spacial score (nSPS) is 35.1. The van der Waals surface area contributed by atoms with Crippen molar-refractivity contribution in [1.29, 1.82) is 5.26 Å². The van der Waals surface area contributed by atoms with Crippen molar-refractivity contribution in [2.75, 3.05) is 0 Å². The third kappa shape index (κ3) is 1.51. The highest BCUT2D eigenvalue weighted by Gasteiger charge is 2.26. The molecule has 0 aromatic heterocycles. The molecular formula is C8H12N2O. The van der Waals surface area contributed by atoms with Gasteiger partial charge in [-0.05, 0) is 18.8 Å². The van der Waals surface area contributed by atoms with Crippen molar-refractivity contribution in [2.24, 2.45) is 17.0 Å². The molecule has 1 N–H and O–H groups in total. The van der Waals surface area contributed by atoms with Crippen LogP contribution in [-0.2, 0) is 0 Å². The Hall–Kier alpha value is -1.04. The molecule has 1 rings (SSSR count). The van der Waals surface area contributed by atoms with Crippen LogP contribution in [0.15, 0.2) is 5.16 Å². The third-order valence-electron chi connectivity index (χ3n) is 2.26. The summed E-state index contributed by atoms with van der Waals surface area (Å²) in [7, 11) is 0. The number of hydrogen-bond donors (Lipinski definition) is 1. The lowest BCUT2D eigenvalue weighted by Crippen LogP contribution is -2.25. The molecule has 1 aliphatic carbocycles. The van der Waals surface area contributed by atoms with Gasteiger partial charge in [0.05, 0.1) is 17.7 Å². The van der Waals surface area contributed by atoms with Gasteiger partial charge in [0, 0.05) is 0 Å². The van der Waals surface area contributed by atoms with Gasteiger partial charge in [-0.1, -0.05) is 18.5 Å². The molecule has 0 amide bonds. The molecule has 0 bridgehead atoms.